The van der Waals surface area contributed by atoms with Crippen molar-refractivity contribution >= 4 is 35.3 Å². The van der Waals surface area contributed by atoms with Crippen LogP contribution in [0.5, 0.6) is 0 Å². The lowest BCUT2D eigenvalue weighted by atomic mass is 9.66. The first kappa shape index (κ1) is 20.1. The van der Waals surface area contributed by atoms with Crippen molar-refractivity contribution < 1.29 is 23.9 Å². The highest BCUT2D eigenvalue weighted by molar-refractivity contribution is 6.20. The highest BCUT2D eigenvalue weighted by Gasteiger charge is 2.62. The fourth-order valence-corrected chi connectivity index (χ4v) is 4.76. The first-order chi connectivity index (χ1) is 14.1. The number of benzene rings is 1. The molecule has 1 spiro atoms. The molecule has 160 valence electrons. The van der Waals surface area contributed by atoms with Crippen LogP contribution in [0.25, 0.3) is 0 Å². The second-order valence-corrected chi connectivity index (χ2v) is 8.30. The van der Waals surface area contributed by atoms with E-state index in [1.165, 1.54) is 4.90 Å². The van der Waals surface area contributed by atoms with Crippen LogP contribution in [0, 0.1) is 5.41 Å². The summed E-state index contributed by atoms with van der Waals surface area (Å²) in [6, 6.07) is 3.77. The molecule has 0 unspecified atom stereocenters. The van der Waals surface area contributed by atoms with Crippen molar-refractivity contribution in [2.24, 2.45) is 5.41 Å². The van der Waals surface area contributed by atoms with E-state index in [-0.39, 0.29) is 18.6 Å². The molecule has 6 amide bonds. The van der Waals surface area contributed by atoms with Crippen LogP contribution in [-0.2, 0) is 20.7 Å². The van der Waals surface area contributed by atoms with Gasteiger partial charge in [0.2, 0.25) is 11.8 Å². The van der Waals surface area contributed by atoms with Gasteiger partial charge in [0, 0.05) is 32.0 Å². The topological polar surface area (TPSA) is 120 Å². The van der Waals surface area contributed by atoms with Gasteiger partial charge < -0.3 is 19.9 Å². The van der Waals surface area contributed by atoms with Gasteiger partial charge in [0.1, 0.15) is 0 Å². The molecule has 3 aliphatic heterocycles. The summed E-state index contributed by atoms with van der Waals surface area (Å²) in [6.45, 7) is 4.26. The molecule has 10 heteroatoms. The molecular formula is C20H25N5O5. The normalized spacial score (nSPS) is 27.0. The molecule has 1 aromatic carbocycles. The molecular weight excluding hydrogens is 390 g/mol. The number of anilines is 2. The summed E-state index contributed by atoms with van der Waals surface area (Å²) in [5, 5.41) is 7.31. The second-order valence-electron chi connectivity index (χ2n) is 8.30. The van der Waals surface area contributed by atoms with Gasteiger partial charge in [-0.2, -0.15) is 0 Å². The summed E-state index contributed by atoms with van der Waals surface area (Å²) in [7, 11) is 3.27. The fourth-order valence-electron chi connectivity index (χ4n) is 4.76. The molecule has 2 fully saturated rings. The largest absolute Gasteiger partial charge is 0.372 e. The average molecular weight is 415 g/mol. The summed E-state index contributed by atoms with van der Waals surface area (Å²) in [6.07, 6.45) is -0.439. The van der Waals surface area contributed by atoms with Crippen molar-refractivity contribution in [3.8, 4) is 0 Å². The average Bonchev–Trinajstić information content (AvgIpc) is 2.65. The van der Waals surface area contributed by atoms with Crippen LogP contribution in [0.1, 0.15) is 19.4 Å². The predicted molar refractivity (Wildman–Crippen MR) is 108 cm³/mol. The molecule has 3 N–H and O–H groups in total. The molecule has 10 nitrogen and oxygen atoms in total. The van der Waals surface area contributed by atoms with E-state index in [9.17, 15) is 19.2 Å². The van der Waals surface area contributed by atoms with Crippen molar-refractivity contribution in [2.75, 3.05) is 30.9 Å². The molecule has 0 radical (unpaired) electrons. The minimum absolute atomic E-state index is 0.0855. The molecule has 3 heterocycles. The maximum absolute atomic E-state index is 13.1. The number of barbiturate groups is 1. The standard InChI is InChI=1S/C20H25N5O5/c1-10-9-25-14-6-5-13(21-19(29)24(3)4)7-12(14)8-20(15(25)11(2)30-10)16(26)22-18(28)23-17(20)27/h5-7,10-11,15H,8-9H2,1-4H3,(H,21,29)(H2,22,23,26,27,28)/t10-,11+,15-/m1/s1. The van der Waals surface area contributed by atoms with Crippen molar-refractivity contribution in [1.29, 1.82) is 0 Å². The van der Waals surface area contributed by atoms with Crippen molar-refractivity contribution in [3.63, 3.8) is 0 Å². The van der Waals surface area contributed by atoms with Crippen molar-refractivity contribution in [3.05, 3.63) is 23.8 Å². The molecule has 3 atom stereocenters. The number of carbonyl (C=O) groups excluding carboxylic acids is 4. The quantitative estimate of drug-likeness (QED) is 0.580. The van der Waals surface area contributed by atoms with Crippen LogP contribution >= 0.6 is 0 Å². The van der Waals surface area contributed by atoms with Crippen LogP contribution in [0.2, 0.25) is 0 Å². The highest BCUT2D eigenvalue weighted by Crippen LogP contribution is 2.47. The highest BCUT2D eigenvalue weighted by atomic mass is 16.5. The van der Waals surface area contributed by atoms with Crippen LogP contribution in [-0.4, -0.2) is 67.7 Å². The van der Waals surface area contributed by atoms with Crippen molar-refractivity contribution in [1.82, 2.24) is 15.5 Å². The van der Waals surface area contributed by atoms with Gasteiger partial charge in [0.15, 0.2) is 5.41 Å². The number of morpholine rings is 1. The van der Waals surface area contributed by atoms with Gasteiger partial charge in [0.05, 0.1) is 18.2 Å². The third kappa shape index (κ3) is 2.98. The summed E-state index contributed by atoms with van der Waals surface area (Å²) >= 11 is 0. The van der Waals surface area contributed by atoms with Crippen LogP contribution in [0.15, 0.2) is 18.2 Å². The Balaban J connectivity index is 1.82. The number of rotatable bonds is 1. The summed E-state index contributed by atoms with van der Waals surface area (Å²) in [5.74, 6) is -1.27. The molecule has 0 aromatic heterocycles. The number of urea groups is 2. The number of hydrogen-bond donors (Lipinski definition) is 3. The van der Waals surface area contributed by atoms with Crippen LogP contribution in [0.3, 0.4) is 0 Å². The monoisotopic (exact) mass is 415 g/mol. The first-order valence-corrected chi connectivity index (χ1v) is 9.83. The van der Waals surface area contributed by atoms with E-state index < -0.39 is 35.4 Å². The van der Waals surface area contributed by atoms with Gasteiger partial charge in [-0.3, -0.25) is 20.2 Å². The van der Waals surface area contributed by atoms with Crippen molar-refractivity contribution in [2.45, 2.75) is 38.5 Å². The minimum atomic E-state index is -1.52. The maximum Gasteiger partial charge on any atom is 0.328 e. The van der Waals surface area contributed by atoms with Gasteiger partial charge >= 0.3 is 12.1 Å². The lowest BCUT2D eigenvalue weighted by Gasteiger charge is -2.55. The van der Waals surface area contributed by atoms with Gasteiger partial charge in [-0.1, -0.05) is 0 Å². The smallest absolute Gasteiger partial charge is 0.328 e. The Morgan fingerprint density at radius 3 is 2.50 bits per heavy atom. The second kappa shape index (κ2) is 6.98. The van der Waals surface area contributed by atoms with E-state index in [0.29, 0.717) is 12.2 Å². The summed E-state index contributed by atoms with van der Waals surface area (Å²) < 4.78 is 5.98. The number of imide groups is 2. The van der Waals surface area contributed by atoms with Crippen LogP contribution < -0.4 is 20.9 Å². The minimum Gasteiger partial charge on any atom is -0.372 e. The SMILES string of the molecule is C[C@@H]1CN2c3ccc(NC(=O)N(C)C)cc3CC3(C(=O)NC(=O)NC3=O)[C@H]2[C@H](C)O1. The Bertz CT molecular complexity index is 926. The summed E-state index contributed by atoms with van der Waals surface area (Å²) in [4.78, 5) is 53.4. The third-order valence-electron chi connectivity index (χ3n) is 5.97. The maximum atomic E-state index is 13.1. The predicted octanol–water partition coefficient (Wildman–Crippen LogP) is 0.671. The number of nitrogens with one attached hydrogen (secondary N) is 3. The van der Waals surface area contributed by atoms with E-state index in [1.807, 2.05) is 24.8 Å². The molecule has 30 heavy (non-hydrogen) atoms. The summed E-state index contributed by atoms with van der Waals surface area (Å²) in [5.41, 5.74) is 0.657. The Labute approximate surface area is 173 Å². The molecule has 2 saturated heterocycles. The van der Waals surface area contributed by atoms with E-state index in [1.54, 1.807) is 26.2 Å². The third-order valence-corrected chi connectivity index (χ3v) is 5.97. The number of hydrogen-bond acceptors (Lipinski definition) is 6. The zero-order valence-electron chi connectivity index (χ0n) is 17.3. The van der Waals surface area contributed by atoms with Gasteiger partial charge in [-0.25, -0.2) is 9.59 Å². The number of ether oxygens (including phenoxy) is 1. The molecule has 3 aliphatic rings. The van der Waals surface area contributed by atoms with Crippen LogP contribution in [0.4, 0.5) is 21.0 Å². The van der Waals surface area contributed by atoms with Gasteiger partial charge in [0.25, 0.3) is 0 Å². The Morgan fingerprint density at radius 1 is 1.20 bits per heavy atom. The molecule has 4 rings (SSSR count). The van der Waals surface area contributed by atoms with E-state index in [2.05, 4.69) is 16.0 Å². The lowest BCUT2D eigenvalue weighted by Crippen LogP contribution is -2.75. The lowest BCUT2D eigenvalue weighted by molar-refractivity contribution is -0.153. The zero-order valence-corrected chi connectivity index (χ0v) is 17.3. The number of nitrogens with zero attached hydrogens (tertiary/aromatic N) is 2. The Hall–Kier alpha value is -3.14. The Morgan fingerprint density at radius 2 is 1.87 bits per heavy atom. The number of fused-ring (bicyclic) bond motifs is 4. The molecule has 0 bridgehead atoms. The van der Waals surface area contributed by atoms with Gasteiger partial charge in [-0.15, -0.1) is 0 Å². The number of carbonyl (C=O) groups is 4. The van der Waals surface area contributed by atoms with Gasteiger partial charge in [-0.05, 0) is 44.0 Å². The first-order valence-electron chi connectivity index (χ1n) is 9.83. The molecule has 1 aromatic rings. The zero-order chi connectivity index (χ0) is 21.8. The fraction of sp³-hybridized carbons (Fsp3) is 0.500. The molecule has 0 aliphatic carbocycles. The van der Waals surface area contributed by atoms with E-state index >= 15 is 0 Å². The number of amides is 6. The van der Waals surface area contributed by atoms with E-state index in [0.717, 1.165) is 11.3 Å². The molecule has 0 saturated carbocycles. The van der Waals surface area contributed by atoms with E-state index in [4.69, 9.17) is 4.74 Å². The Kier molecular flexibility index (Phi) is 4.69.